The highest BCUT2D eigenvalue weighted by Crippen LogP contribution is 2.26. The van der Waals surface area contributed by atoms with Crippen LogP contribution in [0.25, 0.3) is 16.9 Å². The number of carbonyl (C=O) groups is 1. The van der Waals surface area contributed by atoms with Crippen LogP contribution in [0.5, 0.6) is 0 Å². The summed E-state index contributed by atoms with van der Waals surface area (Å²) >= 11 is 0. The zero-order valence-electron chi connectivity index (χ0n) is 16.9. The Labute approximate surface area is 182 Å². The highest BCUT2D eigenvalue weighted by Gasteiger charge is 2.18. The predicted octanol–water partition coefficient (Wildman–Crippen LogP) is 3.59. The Balaban J connectivity index is 1.33. The number of nitrogens with one attached hydrogen (secondary N) is 1. The van der Waals surface area contributed by atoms with E-state index in [2.05, 4.69) is 27.3 Å². The molecule has 4 heterocycles. The number of carbonyl (C=O) groups excluding carboxylic acids is 1. The molecule has 0 unspecified atom stereocenters. The highest BCUT2D eigenvalue weighted by atomic mass is 16.6. The number of fused-ring (bicyclic) bond motifs is 1. The molecular formula is C22H19N5O5. The summed E-state index contributed by atoms with van der Waals surface area (Å²) in [4.78, 5) is 29.1. The van der Waals surface area contributed by atoms with Gasteiger partial charge in [0.15, 0.2) is 5.76 Å². The van der Waals surface area contributed by atoms with Crippen molar-refractivity contribution in [3.8, 4) is 11.3 Å². The van der Waals surface area contributed by atoms with Crippen molar-refractivity contribution in [2.75, 3.05) is 36.5 Å². The topological polar surface area (TPSA) is 115 Å². The number of rotatable bonds is 5. The first-order chi connectivity index (χ1) is 15.6. The largest absolute Gasteiger partial charge is 0.433 e. The fraction of sp³-hybridized carbons (Fsp3) is 0.182. The second-order valence-electron chi connectivity index (χ2n) is 7.28. The van der Waals surface area contributed by atoms with Crippen LogP contribution in [-0.2, 0) is 4.74 Å². The summed E-state index contributed by atoms with van der Waals surface area (Å²) in [5.74, 6) is -1.16. The van der Waals surface area contributed by atoms with Crippen LogP contribution >= 0.6 is 0 Å². The van der Waals surface area contributed by atoms with Crippen molar-refractivity contribution in [2.45, 2.75) is 0 Å². The third kappa shape index (κ3) is 3.79. The van der Waals surface area contributed by atoms with Crippen LogP contribution in [0.4, 0.5) is 17.3 Å². The molecule has 32 heavy (non-hydrogen) atoms. The minimum Gasteiger partial charge on any atom is -0.395 e. The number of benzene rings is 1. The molecule has 3 aromatic heterocycles. The lowest BCUT2D eigenvalue weighted by molar-refractivity contribution is -0.402. The number of anilines is 2. The maximum Gasteiger partial charge on any atom is 0.433 e. The Morgan fingerprint density at radius 2 is 1.88 bits per heavy atom. The van der Waals surface area contributed by atoms with Gasteiger partial charge in [-0.3, -0.25) is 19.3 Å². The number of imidazole rings is 1. The van der Waals surface area contributed by atoms with Gasteiger partial charge in [-0.05, 0) is 24.3 Å². The molecule has 0 bridgehead atoms. The number of hydrogen-bond donors (Lipinski definition) is 1. The molecular weight excluding hydrogens is 414 g/mol. The second kappa shape index (κ2) is 8.16. The van der Waals surface area contributed by atoms with Crippen molar-refractivity contribution in [1.29, 1.82) is 0 Å². The number of morpholine rings is 1. The molecule has 10 nitrogen and oxygen atoms in total. The van der Waals surface area contributed by atoms with Crippen molar-refractivity contribution in [2.24, 2.45) is 0 Å². The molecule has 0 spiro atoms. The van der Waals surface area contributed by atoms with Gasteiger partial charge in [-0.25, -0.2) is 4.98 Å². The van der Waals surface area contributed by atoms with Crippen LogP contribution in [0.2, 0.25) is 0 Å². The summed E-state index contributed by atoms with van der Waals surface area (Å²) in [6.07, 6.45) is 3.82. The molecule has 5 rings (SSSR count). The van der Waals surface area contributed by atoms with E-state index in [0.29, 0.717) is 5.69 Å². The first-order valence-corrected chi connectivity index (χ1v) is 10.0. The molecule has 1 aliphatic rings. The van der Waals surface area contributed by atoms with Crippen LogP contribution < -0.4 is 10.2 Å². The van der Waals surface area contributed by atoms with Gasteiger partial charge in [0.05, 0.1) is 31.2 Å². The van der Waals surface area contributed by atoms with Gasteiger partial charge in [-0.15, -0.1) is 0 Å². The second-order valence-corrected chi connectivity index (χ2v) is 7.28. The molecule has 162 valence electrons. The van der Waals surface area contributed by atoms with Gasteiger partial charge in [0.1, 0.15) is 10.6 Å². The molecule has 4 aromatic rings. The van der Waals surface area contributed by atoms with Gasteiger partial charge in [0.2, 0.25) is 0 Å². The van der Waals surface area contributed by atoms with E-state index in [1.54, 1.807) is 12.1 Å². The first kappa shape index (κ1) is 19.8. The Bertz CT molecular complexity index is 1290. The molecule has 1 amide bonds. The third-order valence-corrected chi connectivity index (χ3v) is 5.31. The summed E-state index contributed by atoms with van der Waals surface area (Å²) in [5.41, 5.74) is 4.37. The van der Waals surface area contributed by atoms with E-state index in [1.165, 1.54) is 6.07 Å². The minimum absolute atomic E-state index is 0.126. The monoisotopic (exact) mass is 433 g/mol. The van der Waals surface area contributed by atoms with Crippen LogP contribution in [0.15, 0.2) is 65.3 Å². The number of hydrogen-bond acceptors (Lipinski definition) is 7. The van der Waals surface area contributed by atoms with Crippen LogP contribution in [-0.4, -0.2) is 46.5 Å². The van der Waals surface area contributed by atoms with Gasteiger partial charge in [-0.2, -0.15) is 0 Å². The van der Waals surface area contributed by atoms with Crippen LogP contribution in [0, 0.1) is 10.1 Å². The normalized spacial score (nSPS) is 13.9. The molecule has 0 atom stereocenters. The van der Waals surface area contributed by atoms with Gasteiger partial charge in [0, 0.05) is 42.3 Å². The zero-order chi connectivity index (χ0) is 22.1. The lowest BCUT2D eigenvalue weighted by Gasteiger charge is -2.28. The van der Waals surface area contributed by atoms with Crippen molar-refractivity contribution in [3.63, 3.8) is 0 Å². The average molecular weight is 433 g/mol. The number of pyridine rings is 1. The molecule has 1 aliphatic heterocycles. The molecule has 0 saturated carbocycles. The zero-order valence-corrected chi connectivity index (χ0v) is 16.9. The Morgan fingerprint density at radius 1 is 1.09 bits per heavy atom. The molecule has 1 aromatic carbocycles. The van der Waals surface area contributed by atoms with Crippen molar-refractivity contribution in [1.82, 2.24) is 9.38 Å². The lowest BCUT2D eigenvalue weighted by atomic mass is 10.1. The van der Waals surface area contributed by atoms with Gasteiger partial charge in [-0.1, -0.05) is 12.1 Å². The van der Waals surface area contributed by atoms with Gasteiger partial charge in [0.25, 0.3) is 5.91 Å². The number of amides is 1. The van der Waals surface area contributed by atoms with Crippen LogP contribution in [0.3, 0.4) is 0 Å². The van der Waals surface area contributed by atoms with E-state index >= 15 is 0 Å². The predicted molar refractivity (Wildman–Crippen MR) is 117 cm³/mol. The molecule has 1 N–H and O–H groups in total. The summed E-state index contributed by atoms with van der Waals surface area (Å²) in [5, 5.41) is 13.4. The highest BCUT2D eigenvalue weighted by molar-refractivity contribution is 6.02. The van der Waals surface area contributed by atoms with E-state index in [0.717, 1.165) is 55.0 Å². The van der Waals surface area contributed by atoms with Crippen molar-refractivity contribution >= 4 is 28.8 Å². The first-order valence-electron chi connectivity index (χ1n) is 10.0. The third-order valence-electron chi connectivity index (χ3n) is 5.31. The van der Waals surface area contributed by atoms with E-state index < -0.39 is 16.7 Å². The summed E-state index contributed by atoms with van der Waals surface area (Å²) < 4.78 is 12.4. The SMILES string of the molecule is O=C(Nc1ccc(-c2cnc3cc(N4CCOCC4)ccn23)cc1)c1ccc([N+](=O)[O-])o1. The van der Waals surface area contributed by atoms with E-state index in [-0.39, 0.29) is 5.76 Å². The lowest BCUT2D eigenvalue weighted by Crippen LogP contribution is -2.36. The van der Waals surface area contributed by atoms with Crippen molar-refractivity contribution in [3.05, 3.63) is 76.8 Å². The fourth-order valence-corrected chi connectivity index (χ4v) is 3.67. The Hall–Kier alpha value is -4.18. The maximum absolute atomic E-state index is 12.2. The number of nitro groups is 1. The molecule has 1 saturated heterocycles. The van der Waals surface area contributed by atoms with Crippen LogP contribution in [0.1, 0.15) is 10.6 Å². The summed E-state index contributed by atoms with van der Waals surface area (Å²) in [6, 6.07) is 13.8. The van der Waals surface area contributed by atoms with Crippen molar-refractivity contribution < 1.29 is 18.9 Å². The number of aromatic nitrogens is 2. The van der Waals surface area contributed by atoms with Gasteiger partial charge < -0.3 is 19.4 Å². The number of furan rings is 1. The Morgan fingerprint density at radius 3 is 2.59 bits per heavy atom. The van der Waals surface area contributed by atoms with E-state index in [9.17, 15) is 14.9 Å². The quantitative estimate of drug-likeness (QED) is 0.378. The maximum atomic E-state index is 12.2. The molecule has 0 aliphatic carbocycles. The molecule has 1 fully saturated rings. The standard InChI is InChI=1S/C22H19N5O5/c28-22(19-5-6-21(32-19)27(29)30)24-16-3-1-15(2-4-16)18-14-23-20-13-17(7-8-26(18)20)25-9-11-31-12-10-25/h1-8,13-14H,9-12H2,(H,24,28). The van der Waals surface area contributed by atoms with E-state index in [1.807, 2.05) is 28.9 Å². The smallest absolute Gasteiger partial charge is 0.395 e. The number of nitrogens with zero attached hydrogens (tertiary/aromatic N) is 4. The summed E-state index contributed by atoms with van der Waals surface area (Å²) in [6.45, 7) is 3.18. The fourth-order valence-electron chi connectivity index (χ4n) is 3.67. The Kier molecular flexibility index (Phi) is 5.04. The van der Waals surface area contributed by atoms with E-state index in [4.69, 9.17) is 9.15 Å². The number of ether oxygens (including phenoxy) is 1. The molecule has 0 radical (unpaired) electrons. The molecule has 10 heteroatoms. The summed E-state index contributed by atoms with van der Waals surface area (Å²) in [7, 11) is 0. The van der Waals surface area contributed by atoms with Gasteiger partial charge >= 0.3 is 5.88 Å². The minimum atomic E-state index is -0.689. The average Bonchev–Trinajstić information content (AvgIpc) is 3.48.